The van der Waals surface area contributed by atoms with Crippen LogP contribution in [0.2, 0.25) is 0 Å². The SMILES string of the molecule is O=C(CN1CCC[C@H](c2nnc3n2CCCCC3)C1)Nc1cc(C(F)(F)F)cc(C(F)(F)F)c1. The number of aryl methyl sites for hydroxylation is 1. The number of rotatable bonds is 4. The second kappa shape index (κ2) is 9.55. The van der Waals surface area contributed by atoms with Crippen LogP contribution in [0, 0.1) is 0 Å². The molecule has 1 fully saturated rings. The van der Waals surface area contributed by atoms with Crippen LogP contribution in [0.3, 0.4) is 0 Å². The predicted octanol–water partition coefficient (Wildman–Crippen LogP) is 4.86. The number of nitrogens with one attached hydrogen (secondary N) is 1. The summed E-state index contributed by atoms with van der Waals surface area (Å²) in [6.07, 6.45) is -4.16. The fourth-order valence-electron chi connectivity index (χ4n) is 4.65. The number of aromatic nitrogens is 3. The van der Waals surface area contributed by atoms with E-state index >= 15 is 0 Å². The number of benzene rings is 1. The number of amides is 1. The zero-order chi connectivity index (χ0) is 24.5. The summed E-state index contributed by atoms with van der Waals surface area (Å²) in [5.41, 5.74) is -3.48. The molecule has 0 saturated carbocycles. The van der Waals surface area contributed by atoms with Crippen LogP contribution in [0.15, 0.2) is 18.2 Å². The molecule has 0 bridgehead atoms. The first-order valence-corrected chi connectivity index (χ1v) is 11.2. The van der Waals surface area contributed by atoms with Gasteiger partial charge in [0.1, 0.15) is 11.6 Å². The van der Waals surface area contributed by atoms with Gasteiger partial charge >= 0.3 is 12.4 Å². The van der Waals surface area contributed by atoms with Crippen molar-refractivity contribution in [2.75, 3.05) is 25.0 Å². The number of carbonyl (C=O) groups is 1. The molecule has 34 heavy (non-hydrogen) atoms. The van der Waals surface area contributed by atoms with Gasteiger partial charge in [0.2, 0.25) is 5.91 Å². The molecule has 1 atom stereocenters. The van der Waals surface area contributed by atoms with E-state index in [4.69, 9.17) is 0 Å². The summed E-state index contributed by atoms with van der Waals surface area (Å²) >= 11 is 0. The van der Waals surface area contributed by atoms with Crippen LogP contribution in [-0.2, 0) is 30.1 Å². The summed E-state index contributed by atoms with van der Waals surface area (Å²) in [6, 6.07) is 1.06. The minimum absolute atomic E-state index is 0.0341. The highest BCUT2D eigenvalue weighted by Gasteiger charge is 2.37. The number of likely N-dealkylation sites (tertiary alicyclic amines) is 1. The minimum atomic E-state index is -4.98. The number of hydrogen-bond donors (Lipinski definition) is 1. The number of piperidine rings is 1. The Morgan fingerprint density at radius 3 is 2.32 bits per heavy atom. The lowest BCUT2D eigenvalue weighted by Gasteiger charge is -2.32. The van der Waals surface area contributed by atoms with Crippen LogP contribution < -0.4 is 5.32 Å². The second-order valence-electron chi connectivity index (χ2n) is 8.85. The van der Waals surface area contributed by atoms with Gasteiger partial charge in [-0.15, -0.1) is 10.2 Å². The first-order valence-electron chi connectivity index (χ1n) is 11.2. The first kappa shape index (κ1) is 24.5. The maximum atomic E-state index is 13.1. The number of alkyl halides is 6. The largest absolute Gasteiger partial charge is 0.416 e. The van der Waals surface area contributed by atoms with E-state index in [9.17, 15) is 31.1 Å². The van der Waals surface area contributed by atoms with E-state index < -0.39 is 35.1 Å². The highest BCUT2D eigenvalue weighted by atomic mass is 19.4. The van der Waals surface area contributed by atoms with Gasteiger partial charge in [-0.25, -0.2) is 0 Å². The number of nitrogens with zero attached hydrogens (tertiary/aromatic N) is 4. The number of halogens is 6. The monoisotopic (exact) mass is 489 g/mol. The molecule has 0 aliphatic carbocycles. The Balaban J connectivity index is 1.44. The fourth-order valence-corrected chi connectivity index (χ4v) is 4.65. The topological polar surface area (TPSA) is 63.1 Å². The summed E-state index contributed by atoms with van der Waals surface area (Å²) in [4.78, 5) is 14.4. The Hall–Kier alpha value is -2.63. The van der Waals surface area contributed by atoms with Crippen LogP contribution in [0.5, 0.6) is 0 Å². The summed E-state index contributed by atoms with van der Waals surface area (Å²) in [6.45, 7) is 1.82. The van der Waals surface area contributed by atoms with E-state index in [-0.39, 0.29) is 18.5 Å². The third kappa shape index (κ3) is 5.70. The molecule has 1 saturated heterocycles. The van der Waals surface area contributed by atoms with Crippen LogP contribution in [0.25, 0.3) is 0 Å². The molecule has 0 spiro atoms. The highest BCUT2D eigenvalue weighted by Crippen LogP contribution is 2.37. The number of fused-ring (bicyclic) bond motifs is 1. The molecule has 2 aliphatic rings. The molecule has 1 aromatic carbocycles. The van der Waals surface area contributed by atoms with Crippen molar-refractivity contribution in [1.82, 2.24) is 19.7 Å². The predicted molar refractivity (Wildman–Crippen MR) is 111 cm³/mol. The summed E-state index contributed by atoms with van der Waals surface area (Å²) < 4.78 is 80.6. The molecule has 12 heteroatoms. The van der Waals surface area contributed by atoms with Crippen LogP contribution >= 0.6 is 0 Å². The lowest BCUT2D eigenvalue weighted by Crippen LogP contribution is -2.40. The minimum Gasteiger partial charge on any atom is -0.325 e. The van der Waals surface area contributed by atoms with Gasteiger partial charge in [-0.3, -0.25) is 9.69 Å². The second-order valence-corrected chi connectivity index (χ2v) is 8.85. The van der Waals surface area contributed by atoms with E-state index in [1.807, 2.05) is 4.90 Å². The standard InChI is InChI=1S/C22H25F6N5O/c23-21(24,25)15-9-16(22(26,27)28)11-17(10-15)29-19(34)13-32-7-4-5-14(12-32)20-31-30-18-6-2-1-3-8-33(18)20/h9-11,14H,1-8,12-13H2,(H,29,34)/t14-/m0/s1. The van der Waals surface area contributed by atoms with Crippen LogP contribution in [0.4, 0.5) is 32.0 Å². The molecule has 2 aliphatic heterocycles. The van der Waals surface area contributed by atoms with Crippen molar-refractivity contribution < 1.29 is 31.1 Å². The maximum Gasteiger partial charge on any atom is 0.416 e. The van der Waals surface area contributed by atoms with Crippen molar-refractivity contribution in [3.05, 3.63) is 41.0 Å². The molecule has 6 nitrogen and oxygen atoms in total. The van der Waals surface area contributed by atoms with Gasteiger partial charge in [0, 0.05) is 31.1 Å². The van der Waals surface area contributed by atoms with Gasteiger partial charge < -0.3 is 9.88 Å². The van der Waals surface area contributed by atoms with Gasteiger partial charge in [0.25, 0.3) is 0 Å². The fraction of sp³-hybridized carbons (Fsp3) is 0.591. The molecule has 1 amide bonds. The van der Waals surface area contributed by atoms with E-state index in [1.165, 1.54) is 0 Å². The Labute approximate surface area is 192 Å². The molecule has 1 N–H and O–H groups in total. The van der Waals surface area contributed by atoms with Crippen molar-refractivity contribution in [2.24, 2.45) is 0 Å². The number of anilines is 1. The molecule has 0 unspecified atom stereocenters. The van der Waals surface area contributed by atoms with Crippen molar-refractivity contribution in [2.45, 2.75) is 63.3 Å². The molecular formula is C22H25F6N5O. The van der Waals surface area contributed by atoms with Gasteiger partial charge in [0.15, 0.2) is 0 Å². The van der Waals surface area contributed by atoms with Gasteiger partial charge in [-0.2, -0.15) is 26.3 Å². The molecule has 1 aromatic heterocycles. The normalized spacial score (nSPS) is 20.0. The van der Waals surface area contributed by atoms with E-state index in [0.29, 0.717) is 25.2 Å². The number of hydrogen-bond acceptors (Lipinski definition) is 4. The van der Waals surface area contributed by atoms with Crippen molar-refractivity contribution >= 4 is 11.6 Å². The summed E-state index contributed by atoms with van der Waals surface area (Å²) in [5, 5.41) is 10.9. The lowest BCUT2D eigenvalue weighted by molar-refractivity contribution is -0.143. The molecule has 0 radical (unpaired) electrons. The maximum absolute atomic E-state index is 13.1. The van der Waals surface area contributed by atoms with Crippen LogP contribution in [0.1, 0.15) is 60.8 Å². The van der Waals surface area contributed by atoms with E-state index in [2.05, 4.69) is 20.1 Å². The summed E-state index contributed by atoms with van der Waals surface area (Å²) in [7, 11) is 0. The Kier molecular flexibility index (Phi) is 6.88. The van der Waals surface area contributed by atoms with Gasteiger partial charge in [-0.1, -0.05) is 6.42 Å². The molecule has 3 heterocycles. The first-order chi connectivity index (χ1) is 16.0. The average molecular weight is 489 g/mol. The molecular weight excluding hydrogens is 464 g/mol. The molecule has 4 rings (SSSR count). The molecule has 2 aromatic rings. The van der Waals surface area contributed by atoms with Gasteiger partial charge in [0.05, 0.1) is 17.7 Å². The zero-order valence-corrected chi connectivity index (χ0v) is 18.3. The Morgan fingerprint density at radius 2 is 1.65 bits per heavy atom. The Morgan fingerprint density at radius 1 is 0.941 bits per heavy atom. The molecule has 186 valence electrons. The van der Waals surface area contributed by atoms with Gasteiger partial charge in [-0.05, 0) is 50.4 Å². The quantitative estimate of drug-likeness (QED) is 0.624. The third-order valence-electron chi connectivity index (χ3n) is 6.25. The van der Waals surface area contributed by atoms with Crippen molar-refractivity contribution in [3.8, 4) is 0 Å². The summed E-state index contributed by atoms with van der Waals surface area (Å²) in [5.74, 6) is 1.24. The highest BCUT2D eigenvalue weighted by molar-refractivity contribution is 5.92. The van der Waals surface area contributed by atoms with E-state index in [0.717, 1.165) is 56.7 Å². The zero-order valence-electron chi connectivity index (χ0n) is 18.3. The average Bonchev–Trinajstić information content (AvgIpc) is 3.00. The van der Waals surface area contributed by atoms with Crippen LogP contribution in [-0.4, -0.2) is 45.2 Å². The Bertz CT molecular complexity index is 1000. The van der Waals surface area contributed by atoms with Crippen molar-refractivity contribution in [1.29, 1.82) is 0 Å². The lowest BCUT2D eigenvalue weighted by atomic mass is 9.97. The van der Waals surface area contributed by atoms with E-state index in [1.54, 1.807) is 0 Å². The smallest absolute Gasteiger partial charge is 0.325 e. The van der Waals surface area contributed by atoms with Crippen molar-refractivity contribution in [3.63, 3.8) is 0 Å². The number of carbonyl (C=O) groups excluding carboxylic acids is 1. The third-order valence-corrected chi connectivity index (χ3v) is 6.25.